The molecule has 2 rings (SSSR count). The zero-order valence-corrected chi connectivity index (χ0v) is 11.2. The normalized spacial score (nSPS) is 18.4. The SMILES string of the molecule is CNc1ccc([N+](=O)[O-])cc1C(=O)NC1CCCOC1. The third-order valence-corrected chi connectivity index (χ3v) is 3.22. The zero-order valence-electron chi connectivity index (χ0n) is 11.2. The van der Waals surface area contributed by atoms with Gasteiger partial charge >= 0.3 is 0 Å². The molecule has 2 N–H and O–H groups in total. The number of nitrogens with one attached hydrogen (secondary N) is 2. The van der Waals surface area contributed by atoms with Gasteiger partial charge in [0.25, 0.3) is 11.6 Å². The molecule has 7 heteroatoms. The second-order valence-corrected chi connectivity index (χ2v) is 4.62. The molecule has 0 aromatic heterocycles. The first-order valence-corrected chi connectivity index (χ1v) is 6.46. The van der Waals surface area contributed by atoms with Gasteiger partial charge in [0.05, 0.1) is 23.1 Å². The number of nitro benzene ring substituents is 1. The maximum atomic E-state index is 12.2. The van der Waals surface area contributed by atoms with Gasteiger partial charge < -0.3 is 15.4 Å². The first-order valence-electron chi connectivity index (χ1n) is 6.46. The van der Waals surface area contributed by atoms with E-state index in [9.17, 15) is 14.9 Å². The Labute approximate surface area is 116 Å². The zero-order chi connectivity index (χ0) is 14.5. The van der Waals surface area contributed by atoms with E-state index in [2.05, 4.69) is 10.6 Å². The van der Waals surface area contributed by atoms with Crippen LogP contribution < -0.4 is 10.6 Å². The van der Waals surface area contributed by atoms with Crippen molar-refractivity contribution in [3.63, 3.8) is 0 Å². The summed E-state index contributed by atoms with van der Waals surface area (Å²) >= 11 is 0. The highest BCUT2D eigenvalue weighted by Gasteiger charge is 2.20. The Bertz CT molecular complexity index is 512. The molecule has 1 unspecified atom stereocenters. The molecule has 0 saturated carbocycles. The highest BCUT2D eigenvalue weighted by Crippen LogP contribution is 2.22. The van der Waals surface area contributed by atoms with Crippen LogP contribution in [-0.4, -0.2) is 37.1 Å². The highest BCUT2D eigenvalue weighted by atomic mass is 16.6. The van der Waals surface area contributed by atoms with Gasteiger partial charge in [0.2, 0.25) is 0 Å². The number of carbonyl (C=O) groups is 1. The summed E-state index contributed by atoms with van der Waals surface area (Å²) in [4.78, 5) is 22.5. The van der Waals surface area contributed by atoms with Crippen LogP contribution in [0.4, 0.5) is 11.4 Å². The second kappa shape index (κ2) is 6.33. The van der Waals surface area contributed by atoms with Crippen LogP contribution in [0.3, 0.4) is 0 Å². The quantitative estimate of drug-likeness (QED) is 0.644. The molecule has 1 amide bonds. The lowest BCUT2D eigenvalue weighted by Gasteiger charge is -2.23. The summed E-state index contributed by atoms with van der Waals surface area (Å²) < 4.78 is 5.30. The predicted octanol–water partition coefficient (Wildman–Crippen LogP) is 1.55. The molecule has 20 heavy (non-hydrogen) atoms. The summed E-state index contributed by atoms with van der Waals surface area (Å²) in [6.45, 7) is 1.19. The van der Waals surface area contributed by atoms with E-state index >= 15 is 0 Å². The minimum Gasteiger partial charge on any atom is -0.387 e. The average molecular weight is 279 g/mol. The fourth-order valence-electron chi connectivity index (χ4n) is 2.17. The Kier molecular flexibility index (Phi) is 4.52. The largest absolute Gasteiger partial charge is 0.387 e. The van der Waals surface area contributed by atoms with Crippen molar-refractivity contribution in [3.8, 4) is 0 Å². The van der Waals surface area contributed by atoms with Gasteiger partial charge in [-0.1, -0.05) is 0 Å². The molecule has 1 aliphatic rings. The number of hydrogen-bond acceptors (Lipinski definition) is 5. The molecular weight excluding hydrogens is 262 g/mol. The number of non-ortho nitro benzene ring substituents is 1. The lowest BCUT2D eigenvalue weighted by atomic mass is 10.1. The van der Waals surface area contributed by atoms with Crippen LogP contribution in [0.2, 0.25) is 0 Å². The van der Waals surface area contributed by atoms with Crippen LogP contribution in [-0.2, 0) is 4.74 Å². The van der Waals surface area contributed by atoms with Gasteiger partial charge in [0.1, 0.15) is 0 Å². The van der Waals surface area contributed by atoms with Crippen molar-refractivity contribution in [2.24, 2.45) is 0 Å². The topological polar surface area (TPSA) is 93.5 Å². The molecular formula is C13H17N3O4. The van der Waals surface area contributed by atoms with Crippen LogP contribution in [0.25, 0.3) is 0 Å². The van der Waals surface area contributed by atoms with E-state index < -0.39 is 4.92 Å². The Balaban J connectivity index is 2.18. The van der Waals surface area contributed by atoms with E-state index in [1.54, 1.807) is 7.05 Å². The molecule has 1 aliphatic heterocycles. The standard InChI is InChI=1S/C13H17N3O4/c1-14-12-5-4-10(16(18)19)7-11(12)13(17)15-9-3-2-6-20-8-9/h4-5,7,9,14H,2-3,6,8H2,1H3,(H,15,17). The lowest BCUT2D eigenvalue weighted by Crippen LogP contribution is -2.40. The number of carbonyl (C=O) groups excluding carboxylic acids is 1. The van der Waals surface area contributed by atoms with Crippen molar-refractivity contribution in [2.75, 3.05) is 25.6 Å². The van der Waals surface area contributed by atoms with Gasteiger partial charge in [-0.3, -0.25) is 14.9 Å². The van der Waals surface area contributed by atoms with E-state index in [1.165, 1.54) is 18.2 Å². The van der Waals surface area contributed by atoms with Gasteiger partial charge in [0, 0.05) is 31.5 Å². The third kappa shape index (κ3) is 3.24. The number of nitro groups is 1. The molecule has 1 fully saturated rings. The van der Waals surface area contributed by atoms with Crippen molar-refractivity contribution in [2.45, 2.75) is 18.9 Å². The average Bonchev–Trinajstić information content (AvgIpc) is 2.47. The molecule has 0 bridgehead atoms. The van der Waals surface area contributed by atoms with Crippen LogP contribution in [0.5, 0.6) is 0 Å². The summed E-state index contributed by atoms with van der Waals surface area (Å²) in [7, 11) is 1.67. The first-order chi connectivity index (χ1) is 9.61. The number of ether oxygens (including phenoxy) is 1. The smallest absolute Gasteiger partial charge is 0.270 e. The Hall–Kier alpha value is -2.15. The number of anilines is 1. The van der Waals surface area contributed by atoms with Crippen molar-refractivity contribution in [1.29, 1.82) is 0 Å². The van der Waals surface area contributed by atoms with Crippen molar-refractivity contribution in [1.82, 2.24) is 5.32 Å². The maximum absolute atomic E-state index is 12.2. The van der Waals surface area contributed by atoms with Crippen molar-refractivity contribution in [3.05, 3.63) is 33.9 Å². The highest BCUT2D eigenvalue weighted by molar-refractivity contribution is 6.00. The second-order valence-electron chi connectivity index (χ2n) is 4.62. The summed E-state index contributed by atoms with van der Waals surface area (Å²) in [6.07, 6.45) is 1.76. The summed E-state index contributed by atoms with van der Waals surface area (Å²) in [5, 5.41) is 16.5. The predicted molar refractivity (Wildman–Crippen MR) is 74.0 cm³/mol. The van der Waals surface area contributed by atoms with E-state index in [4.69, 9.17) is 4.74 Å². The molecule has 108 valence electrons. The Morgan fingerprint density at radius 2 is 2.30 bits per heavy atom. The monoisotopic (exact) mass is 279 g/mol. The molecule has 0 radical (unpaired) electrons. The molecule has 0 aliphatic carbocycles. The number of nitrogens with zero attached hydrogens (tertiary/aromatic N) is 1. The van der Waals surface area contributed by atoms with E-state index in [0.717, 1.165) is 12.8 Å². The fourth-order valence-corrected chi connectivity index (χ4v) is 2.17. The Morgan fingerprint density at radius 3 is 2.90 bits per heavy atom. The molecule has 7 nitrogen and oxygen atoms in total. The molecule has 1 atom stereocenters. The number of amides is 1. The van der Waals surface area contributed by atoms with Gasteiger partial charge in [0.15, 0.2) is 0 Å². The number of rotatable bonds is 4. The Morgan fingerprint density at radius 1 is 1.50 bits per heavy atom. The van der Waals surface area contributed by atoms with E-state index in [0.29, 0.717) is 18.9 Å². The van der Waals surface area contributed by atoms with Crippen molar-refractivity contribution >= 4 is 17.3 Å². The fraction of sp³-hybridized carbons (Fsp3) is 0.462. The van der Waals surface area contributed by atoms with Gasteiger partial charge in [-0.25, -0.2) is 0 Å². The van der Waals surface area contributed by atoms with E-state index in [1.807, 2.05) is 0 Å². The van der Waals surface area contributed by atoms with E-state index in [-0.39, 0.29) is 23.2 Å². The van der Waals surface area contributed by atoms with Crippen molar-refractivity contribution < 1.29 is 14.5 Å². The van der Waals surface area contributed by atoms with Crippen LogP contribution >= 0.6 is 0 Å². The van der Waals surface area contributed by atoms with Crippen LogP contribution in [0, 0.1) is 10.1 Å². The summed E-state index contributed by atoms with van der Waals surface area (Å²) in [6, 6.07) is 4.14. The minimum absolute atomic E-state index is 0.0415. The summed E-state index contributed by atoms with van der Waals surface area (Å²) in [5.74, 6) is -0.325. The minimum atomic E-state index is -0.514. The lowest BCUT2D eigenvalue weighted by molar-refractivity contribution is -0.384. The van der Waals surface area contributed by atoms with Gasteiger partial charge in [-0.2, -0.15) is 0 Å². The molecule has 1 aromatic rings. The number of hydrogen-bond donors (Lipinski definition) is 2. The molecule has 1 saturated heterocycles. The van der Waals surface area contributed by atoms with Crippen LogP contribution in [0.1, 0.15) is 23.2 Å². The van der Waals surface area contributed by atoms with Gasteiger partial charge in [-0.05, 0) is 18.9 Å². The number of benzene rings is 1. The molecule has 1 heterocycles. The molecule has 0 spiro atoms. The summed E-state index contributed by atoms with van der Waals surface area (Å²) in [5.41, 5.74) is 0.728. The first kappa shape index (κ1) is 14.3. The third-order valence-electron chi connectivity index (χ3n) is 3.22. The maximum Gasteiger partial charge on any atom is 0.270 e. The molecule has 1 aromatic carbocycles. The van der Waals surface area contributed by atoms with Crippen LogP contribution in [0.15, 0.2) is 18.2 Å². The van der Waals surface area contributed by atoms with Gasteiger partial charge in [-0.15, -0.1) is 0 Å².